The predicted molar refractivity (Wildman–Crippen MR) is 139 cm³/mol. The number of nitrogens with one attached hydrogen (secondary N) is 2. The lowest BCUT2D eigenvalue weighted by atomic mass is 10.1. The number of halogens is 1. The lowest BCUT2D eigenvalue weighted by molar-refractivity contribution is -0.172. The molecule has 1 fully saturated rings. The Labute approximate surface area is 218 Å². The van der Waals surface area contributed by atoms with Gasteiger partial charge in [0.1, 0.15) is 24.6 Å². The zero-order chi connectivity index (χ0) is 26.8. The largest absolute Gasteiger partial charge is 0.468 e. The minimum atomic E-state index is -3.42. The lowest BCUT2D eigenvalue weighted by Crippen LogP contribution is -2.36. The van der Waals surface area contributed by atoms with Crippen LogP contribution in [0.15, 0.2) is 36.7 Å². The summed E-state index contributed by atoms with van der Waals surface area (Å²) in [6, 6.07) is 7.84. The van der Waals surface area contributed by atoms with Crippen molar-refractivity contribution in [1.82, 2.24) is 24.6 Å². The number of carbonyl (C=O) groups excluding carboxylic acids is 1. The number of fused-ring (bicyclic) bond motifs is 1. The van der Waals surface area contributed by atoms with Gasteiger partial charge in [-0.2, -0.15) is 9.97 Å². The van der Waals surface area contributed by atoms with E-state index < -0.39 is 37.3 Å². The van der Waals surface area contributed by atoms with Gasteiger partial charge >= 0.3 is 12.6 Å². The van der Waals surface area contributed by atoms with Crippen molar-refractivity contribution in [3.05, 3.63) is 36.7 Å². The Bertz CT molecular complexity index is 1320. The number of carbonyl (C=O) groups is 1. The first-order valence-electron chi connectivity index (χ1n) is 11.5. The van der Waals surface area contributed by atoms with Crippen LogP contribution in [0.1, 0.15) is 26.5 Å². The second kappa shape index (κ2) is 10.8. The second-order valence-corrected chi connectivity index (χ2v) is 11.8. The number of imidazole rings is 1. The summed E-state index contributed by atoms with van der Waals surface area (Å²) in [6.07, 6.45) is 0.771. The smallest absolute Gasteiger partial charge is 0.323 e. The highest BCUT2D eigenvalue weighted by atomic mass is 32.5. The number of nitrogens with zero attached hydrogens (tertiary/aromatic N) is 4. The van der Waals surface area contributed by atoms with Crippen LogP contribution in [0.4, 0.5) is 16.2 Å². The van der Waals surface area contributed by atoms with E-state index in [1.54, 1.807) is 42.8 Å². The number of nitrogen functional groups attached to an aromatic ring is 1. The fraction of sp³-hybridized carbons (Fsp3) is 0.455. The number of esters is 1. The van der Waals surface area contributed by atoms with Crippen molar-refractivity contribution in [3.8, 4) is 5.75 Å². The Hall–Kier alpha value is -2.90. The Morgan fingerprint density at radius 3 is 2.81 bits per heavy atom. The molecule has 200 valence electrons. The third kappa shape index (κ3) is 5.99. The Morgan fingerprint density at radius 2 is 2.14 bits per heavy atom. The molecular formula is C22H29FN7O5PS. The van der Waals surface area contributed by atoms with Gasteiger partial charge in [0.15, 0.2) is 17.0 Å². The summed E-state index contributed by atoms with van der Waals surface area (Å²) in [5, 5.41) is 5.78. The van der Waals surface area contributed by atoms with E-state index in [1.165, 1.54) is 13.4 Å². The summed E-state index contributed by atoms with van der Waals surface area (Å²) < 4.78 is 40.0. The van der Waals surface area contributed by atoms with Crippen molar-refractivity contribution in [3.63, 3.8) is 0 Å². The van der Waals surface area contributed by atoms with E-state index in [0.717, 1.165) is 0 Å². The van der Waals surface area contributed by atoms with Gasteiger partial charge in [-0.3, -0.25) is 9.36 Å². The molecule has 1 aliphatic rings. The standard InChI is InChI=1S/C22H29FN7O5PS/c1-13-10-22(23,34-19(13)30-12-26-16-17(25-3)27-21(24)28-18(16)30)11-33-36(37,29-14(2)20(31)32-4)35-15-8-6-5-7-9-15/h5-9,12-14,19H,10-11H2,1-4H3,(H,29,37)(H3,24,25,27,28)/t13-,14+,19+,22-,36-/m0/s1. The molecule has 0 spiro atoms. The number of methoxy groups -OCH3 is 1. The molecule has 15 heteroatoms. The Balaban J connectivity index is 1.54. The topological polar surface area (TPSA) is 148 Å². The molecule has 1 saturated heterocycles. The van der Waals surface area contributed by atoms with Crippen LogP contribution in [0.2, 0.25) is 0 Å². The van der Waals surface area contributed by atoms with Crippen molar-refractivity contribution < 1.29 is 27.7 Å². The third-order valence-electron chi connectivity index (χ3n) is 5.72. The maximum atomic E-state index is 16.0. The summed E-state index contributed by atoms with van der Waals surface area (Å²) in [6.45, 7) is -0.559. The number of para-hydroxylation sites is 1. The average Bonchev–Trinajstić information content (AvgIpc) is 3.42. The summed E-state index contributed by atoms with van der Waals surface area (Å²) in [5.41, 5.74) is 6.73. The van der Waals surface area contributed by atoms with Crippen LogP contribution in [0.3, 0.4) is 0 Å². The number of aromatic nitrogens is 4. The van der Waals surface area contributed by atoms with E-state index in [2.05, 4.69) is 25.4 Å². The quantitative estimate of drug-likeness (QED) is 0.250. The normalized spacial score (nSPS) is 23.9. The molecule has 0 radical (unpaired) electrons. The van der Waals surface area contributed by atoms with Crippen molar-refractivity contribution in [1.29, 1.82) is 0 Å². The number of rotatable bonds is 10. The predicted octanol–water partition coefficient (Wildman–Crippen LogP) is 3.14. The molecule has 0 saturated carbocycles. The molecule has 1 aliphatic heterocycles. The molecule has 0 amide bonds. The molecule has 0 bridgehead atoms. The van der Waals surface area contributed by atoms with E-state index in [4.69, 9.17) is 36.1 Å². The van der Waals surface area contributed by atoms with Gasteiger partial charge in [-0.15, -0.1) is 0 Å². The maximum absolute atomic E-state index is 16.0. The second-order valence-electron chi connectivity index (χ2n) is 8.63. The SMILES string of the molecule is CNc1nc(N)nc2c1ncn2[C@@H]1O[C@](F)(CO[P@@](=S)(N[C@H](C)C(=O)OC)Oc2ccccc2)C[C@@H]1C. The van der Waals surface area contributed by atoms with Crippen molar-refractivity contribution >= 4 is 47.3 Å². The highest BCUT2D eigenvalue weighted by molar-refractivity contribution is 8.09. The zero-order valence-corrected chi connectivity index (χ0v) is 22.5. The van der Waals surface area contributed by atoms with Gasteiger partial charge < -0.3 is 29.6 Å². The number of hydrogen-bond donors (Lipinski definition) is 3. The van der Waals surface area contributed by atoms with Gasteiger partial charge in [-0.25, -0.2) is 14.5 Å². The summed E-state index contributed by atoms with van der Waals surface area (Å²) in [4.78, 5) is 24.7. The van der Waals surface area contributed by atoms with Crippen LogP contribution in [-0.4, -0.2) is 58.1 Å². The molecule has 3 heterocycles. The third-order valence-corrected chi connectivity index (χ3v) is 8.20. The van der Waals surface area contributed by atoms with Gasteiger partial charge in [0.05, 0.1) is 13.4 Å². The molecule has 5 atom stereocenters. The number of nitrogens with two attached hydrogens (primary N) is 1. The summed E-state index contributed by atoms with van der Waals surface area (Å²) in [7, 11) is 2.95. The molecule has 0 unspecified atom stereocenters. The van der Waals surface area contributed by atoms with Crippen molar-refractivity contribution in [2.45, 2.75) is 38.4 Å². The van der Waals surface area contributed by atoms with Gasteiger partial charge in [0.2, 0.25) is 11.8 Å². The minimum absolute atomic E-state index is 0.00398. The van der Waals surface area contributed by atoms with Crippen LogP contribution in [0, 0.1) is 5.92 Å². The molecule has 0 aliphatic carbocycles. The molecule has 3 aromatic rings. The first kappa shape index (κ1) is 27.1. The van der Waals surface area contributed by atoms with Gasteiger partial charge in [-0.1, -0.05) is 25.1 Å². The first-order chi connectivity index (χ1) is 17.6. The highest BCUT2D eigenvalue weighted by Crippen LogP contribution is 2.49. The van der Waals surface area contributed by atoms with Crippen LogP contribution in [0.5, 0.6) is 5.75 Å². The van der Waals surface area contributed by atoms with Crippen LogP contribution >= 0.6 is 6.64 Å². The van der Waals surface area contributed by atoms with E-state index in [0.29, 0.717) is 22.7 Å². The number of alkyl halides is 1. The van der Waals surface area contributed by atoms with E-state index in [9.17, 15) is 4.79 Å². The average molecular weight is 554 g/mol. The molecule has 12 nitrogen and oxygen atoms in total. The number of hydrogen-bond acceptors (Lipinski definition) is 11. The molecule has 2 aromatic heterocycles. The highest BCUT2D eigenvalue weighted by Gasteiger charge is 2.48. The number of anilines is 2. The van der Waals surface area contributed by atoms with Gasteiger partial charge in [0.25, 0.3) is 0 Å². The van der Waals surface area contributed by atoms with Gasteiger partial charge in [0, 0.05) is 19.4 Å². The molecular weight excluding hydrogens is 524 g/mol. The molecule has 1 aromatic carbocycles. The fourth-order valence-electron chi connectivity index (χ4n) is 4.04. The fourth-order valence-corrected chi connectivity index (χ4v) is 6.45. The Morgan fingerprint density at radius 1 is 1.41 bits per heavy atom. The lowest BCUT2D eigenvalue weighted by Gasteiger charge is -2.29. The monoisotopic (exact) mass is 553 g/mol. The maximum Gasteiger partial charge on any atom is 0.323 e. The summed E-state index contributed by atoms with van der Waals surface area (Å²) in [5.74, 6) is -2.15. The minimum Gasteiger partial charge on any atom is -0.468 e. The van der Waals surface area contributed by atoms with Crippen LogP contribution in [-0.2, 0) is 30.6 Å². The van der Waals surface area contributed by atoms with Gasteiger partial charge in [-0.05, 0) is 30.9 Å². The summed E-state index contributed by atoms with van der Waals surface area (Å²) >= 11 is 5.63. The van der Waals surface area contributed by atoms with Crippen LogP contribution < -0.4 is 20.7 Å². The molecule has 37 heavy (non-hydrogen) atoms. The van der Waals surface area contributed by atoms with Crippen molar-refractivity contribution in [2.24, 2.45) is 5.92 Å². The Kier molecular flexibility index (Phi) is 7.95. The van der Waals surface area contributed by atoms with Crippen molar-refractivity contribution in [2.75, 3.05) is 31.8 Å². The number of benzene rings is 1. The number of ether oxygens (including phenoxy) is 2. The van der Waals surface area contributed by atoms with Crippen LogP contribution in [0.25, 0.3) is 11.2 Å². The first-order valence-corrected chi connectivity index (χ1v) is 14.1. The zero-order valence-electron chi connectivity index (χ0n) is 20.8. The van der Waals surface area contributed by atoms with E-state index in [1.807, 2.05) is 13.0 Å². The molecule has 4 rings (SSSR count). The van der Waals surface area contributed by atoms with E-state index in [-0.39, 0.29) is 18.3 Å². The van der Waals surface area contributed by atoms with E-state index >= 15 is 4.39 Å². The molecule has 4 N–H and O–H groups in total.